The number of alkyl halides is 3. The van der Waals surface area contributed by atoms with Gasteiger partial charge < -0.3 is 14.6 Å². The zero-order valence-corrected chi connectivity index (χ0v) is 17.5. The Hall–Kier alpha value is -4.09. The number of rotatable bonds is 6. The highest BCUT2D eigenvalue weighted by Crippen LogP contribution is 2.28. The van der Waals surface area contributed by atoms with Crippen LogP contribution in [-0.2, 0) is 34.1 Å². The van der Waals surface area contributed by atoms with E-state index in [0.29, 0.717) is 34.3 Å². The second kappa shape index (κ2) is 9.18. The Labute approximate surface area is 184 Å². The van der Waals surface area contributed by atoms with Crippen molar-refractivity contribution in [1.82, 2.24) is 13.9 Å². The van der Waals surface area contributed by atoms with Crippen LogP contribution in [0.2, 0.25) is 0 Å². The van der Waals surface area contributed by atoms with Gasteiger partial charge in [-0.05, 0) is 25.1 Å². The normalized spacial score (nSPS) is 11.3. The maximum absolute atomic E-state index is 12.8. The maximum atomic E-state index is 12.8. The highest BCUT2D eigenvalue weighted by atomic mass is 19.4. The number of pyridine rings is 1. The summed E-state index contributed by atoms with van der Waals surface area (Å²) in [6.45, 7) is -0.00458. The van der Waals surface area contributed by atoms with Crippen LogP contribution in [-0.4, -0.2) is 32.4 Å². The van der Waals surface area contributed by atoms with Crippen LogP contribution in [0.4, 0.5) is 18.9 Å². The first-order valence-corrected chi connectivity index (χ1v) is 9.56. The average Bonchev–Trinajstić information content (AvgIpc) is 2.96. The molecule has 0 spiro atoms. The van der Waals surface area contributed by atoms with E-state index in [4.69, 9.17) is 4.74 Å². The molecule has 0 aliphatic heterocycles. The van der Waals surface area contributed by atoms with Gasteiger partial charge >= 0.3 is 12.1 Å². The average molecular weight is 464 g/mol. The van der Waals surface area contributed by atoms with Gasteiger partial charge in [0, 0.05) is 19.3 Å². The van der Waals surface area contributed by atoms with Crippen molar-refractivity contribution in [2.75, 3.05) is 11.9 Å². The number of aromatic nitrogens is 3. The standard InChI is InChI=1S/C21H19F3N4O5/c1-13-19(20(32)28(26(13)2)15-6-4-3-5-7-15)25-16(29)12-33-18(31)11-27-10-14(21(22,23)24)8-9-17(27)30/h3-10H,11-12H2,1-2H3,(H,25,29). The lowest BCUT2D eigenvalue weighted by Gasteiger charge is -2.10. The molecule has 0 radical (unpaired) electrons. The van der Waals surface area contributed by atoms with Gasteiger partial charge in [0.15, 0.2) is 6.61 Å². The van der Waals surface area contributed by atoms with Crippen LogP contribution < -0.4 is 16.4 Å². The highest BCUT2D eigenvalue weighted by Gasteiger charge is 2.31. The monoisotopic (exact) mass is 464 g/mol. The van der Waals surface area contributed by atoms with Gasteiger partial charge in [-0.25, -0.2) is 4.68 Å². The van der Waals surface area contributed by atoms with Crippen LogP contribution in [0.5, 0.6) is 0 Å². The zero-order valence-electron chi connectivity index (χ0n) is 17.5. The maximum Gasteiger partial charge on any atom is 0.417 e. The first-order chi connectivity index (χ1) is 15.5. The van der Waals surface area contributed by atoms with Gasteiger partial charge in [0.1, 0.15) is 12.2 Å². The number of amides is 1. The Morgan fingerprint density at radius 1 is 1.06 bits per heavy atom. The molecule has 33 heavy (non-hydrogen) atoms. The number of carbonyl (C=O) groups excluding carboxylic acids is 2. The summed E-state index contributed by atoms with van der Waals surface area (Å²) in [5.74, 6) is -1.93. The Bertz CT molecular complexity index is 1310. The highest BCUT2D eigenvalue weighted by molar-refractivity contribution is 5.93. The van der Waals surface area contributed by atoms with Crippen LogP contribution in [0.25, 0.3) is 5.69 Å². The molecule has 0 saturated carbocycles. The minimum absolute atomic E-state index is 0.0171. The molecule has 9 nitrogen and oxygen atoms in total. The summed E-state index contributed by atoms with van der Waals surface area (Å²) in [6.07, 6.45) is -4.21. The number of hydrogen-bond donors (Lipinski definition) is 1. The zero-order chi connectivity index (χ0) is 24.3. The summed E-state index contributed by atoms with van der Waals surface area (Å²) < 4.78 is 46.5. The van der Waals surface area contributed by atoms with Crippen LogP contribution >= 0.6 is 0 Å². The molecule has 2 heterocycles. The van der Waals surface area contributed by atoms with Gasteiger partial charge in [-0.1, -0.05) is 18.2 Å². The third kappa shape index (κ3) is 5.22. The molecule has 0 atom stereocenters. The fourth-order valence-electron chi connectivity index (χ4n) is 3.04. The van der Waals surface area contributed by atoms with E-state index in [1.165, 1.54) is 4.68 Å². The SMILES string of the molecule is Cc1c(NC(=O)COC(=O)Cn2cc(C(F)(F)F)ccc2=O)c(=O)n(-c2ccccc2)n1C. The molecule has 3 rings (SSSR count). The number of nitrogens with one attached hydrogen (secondary N) is 1. The van der Waals surface area contributed by atoms with Crippen molar-refractivity contribution >= 4 is 17.6 Å². The molecular weight excluding hydrogens is 445 g/mol. The van der Waals surface area contributed by atoms with Crippen LogP contribution in [0.1, 0.15) is 11.3 Å². The minimum Gasteiger partial charge on any atom is -0.454 e. The fourth-order valence-corrected chi connectivity index (χ4v) is 3.04. The Kier molecular flexibility index (Phi) is 6.56. The topological polar surface area (TPSA) is 104 Å². The van der Waals surface area contributed by atoms with E-state index in [9.17, 15) is 32.3 Å². The van der Waals surface area contributed by atoms with E-state index in [1.54, 1.807) is 49.0 Å². The lowest BCUT2D eigenvalue weighted by Crippen LogP contribution is -2.29. The molecule has 1 amide bonds. The molecule has 0 aliphatic carbocycles. The fraction of sp³-hybridized carbons (Fsp3) is 0.238. The van der Waals surface area contributed by atoms with Crippen molar-refractivity contribution in [3.05, 3.63) is 80.6 Å². The number of esters is 1. The van der Waals surface area contributed by atoms with E-state index in [2.05, 4.69) is 5.32 Å². The molecule has 174 valence electrons. The van der Waals surface area contributed by atoms with E-state index < -0.39 is 47.9 Å². The number of halogens is 3. The largest absolute Gasteiger partial charge is 0.454 e. The van der Waals surface area contributed by atoms with E-state index in [1.807, 2.05) is 0 Å². The first-order valence-electron chi connectivity index (χ1n) is 9.56. The van der Waals surface area contributed by atoms with Crippen LogP contribution in [0, 0.1) is 6.92 Å². The molecule has 0 bridgehead atoms. The summed E-state index contributed by atoms with van der Waals surface area (Å²) >= 11 is 0. The van der Waals surface area contributed by atoms with Crippen molar-refractivity contribution in [2.24, 2.45) is 7.05 Å². The Morgan fingerprint density at radius 2 is 1.73 bits per heavy atom. The molecule has 3 aromatic rings. The van der Waals surface area contributed by atoms with E-state index in [0.717, 1.165) is 0 Å². The molecule has 12 heteroatoms. The predicted molar refractivity (Wildman–Crippen MR) is 111 cm³/mol. The minimum atomic E-state index is -4.70. The van der Waals surface area contributed by atoms with Gasteiger partial charge in [0.25, 0.3) is 17.0 Å². The van der Waals surface area contributed by atoms with Crippen molar-refractivity contribution in [1.29, 1.82) is 0 Å². The van der Waals surface area contributed by atoms with Crippen molar-refractivity contribution < 1.29 is 27.5 Å². The van der Waals surface area contributed by atoms with E-state index in [-0.39, 0.29) is 5.69 Å². The summed E-state index contributed by atoms with van der Waals surface area (Å²) in [6, 6.07) is 9.98. The molecule has 0 saturated heterocycles. The molecule has 0 aliphatic rings. The van der Waals surface area contributed by atoms with Crippen LogP contribution in [0.3, 0.4) is 0 Å². The lowest BCUT2D eigenvalue weighted by molar-refractivity contribution is -0.148. The van der Waals surface area contributed by atoms with Crippen LogP contribution in [0.15, 0.2) is 58.3 Å². The van der Waals surface area contributed by atoms with Gasteiger partial charge in [-0.2, -0.15) is 13.2 Å². The Balaban J connectivity index is 1.67. The van der Waals surface area contributed by atoms with Gasteiger partial charge in [0.2, 0.25) is 0 Å². The third-order valence-corrected chi connectivity index (χ3v) is 4.79. The van der Waals surface area contributed by atoms with Crippen molar-refractivity contribution in [3.63, 3.8) is 0 Å². The number of nitrogens with zero attached hydrogens (tertiary/aromatic N) is 3. The summed E-state index contributed by atoms with van der Waals surface area (Å²) in [7, 11) is 1.63. The molecule has 2 aromatic heterocycles. The van der Waals surface area contributed by atoms with Crippen molar-refractivity contribution in [2.45, 2.75) is 19.6 Å². The van der Waals surface area contributed by atoms with Gasteiger partial charge in [0.05, 0.1) is 16.9 Å². The number of para-hydroxylation sites is 1. The number of hydrogen-bond acceptors (Lipinski definition) is 5. The first kappa shape index (κ1) is 23.6. The van der Waals surface area contributed by atoms with Gasteiger partial charge in [-0.15, -0.1) is 0 Å². The summed E-state index contributed by atoms with van der Waals surface area (Å²) in [5, 5.41) is 2.38. The number of ether oxygens (including phenoxy) is 1. The van der Waals surface area contributed by atoms with E-state index >= 15 is 0 Å². The van der Waals surface area contributed by atoms with Crippen molar-refractivity contribution in [3.8, 4) is 5.69 Å². The third-order valence-electron chi connectivity index (χ3n) is 4.79. The summed E-state index contributed by atoms with van der Waals surface area (Å²) in [5.41, 5.74) is -1.45. The quantitative estimate of drug-likeness (QED) is 0.561. The summed E-state index contributed by atoms with van der Waals surface area (Å²) in [4.78, 5) is 48.6. The number of anilines is 1. The molecule has 1 N–H and O–H groups in total. The predicted octanol–water partition coefficient (Wildman–Crippen LogP) is 1.85. The van der Waals surface area contributed by atoms with Gasteiger partial charge in [-0.3, -0.25) is 23.9 Å². The number of carbonyl (C=O) groups is 2. The molecule has 1 aromatic carbocycles. The molecular formula is C21H19F3N4O5. The second-order valence-corrected chi connectivity index (χ2v) is 7.03. The molecule has 0 unspecified atom stereocenters. The Morgan fingerprint density at radius 3 is 2.36 bits per heavy atom. The lowest BCUT2D eigenvalue weighted by atomic mass is 10.3. The molecule has 0 fully saturated rings. The number of benzene rings is 1. The smallest absolute Gasteiger partial charge is 0.417 e. The second-order valence-electron chi connectivity index (χ2n) is 7.03.